The molecule has 130 valence electrons. The Morgan fingerprint density at radius 2 is 2.00 bits per heavy atom. The lowest BCUT2D eigenvalue weighted by atomic mass is 9.96. The van der Waals surface area contributed by atoms with Crippen LogP contribution in [0, 0.1) is 0 Å². The first-order chi connectivity index (χ1) is 12.0. The second-order valence-electron chi connectivity index (χ2n) is 5.90. The molecule has 1 aromatic rings. The number of hydrogen-bond donors (Lipinski definition) is 2. The van der Waals surface area contributed by atoms with Gasteiger partial charge in [-0.1, -0.05) is 18.2 Å². The van der Waals surface area contributed by atoms with Crippen molar-refractivity contribution in [2.24, 2.45) is 0 Å². The van der Waals surface area contributed by atoms with Crippen LogP contribution in [0.3, 0.4) is 0 Å². The maximum atomic E-state index is 12.6. The second kappa shape index (κ2) is 6.80. The third-order valence-corrected chi connectivity index (χ3v) is 4.29. The maximum Gasteiger partial charge on any atom is 0.345 e. The van der Waals surface area contributed by atoms with Gasteiger partial charge in [0.2, 0.25) is 0 Å². The number of benzene rings is 1. The summed E-state index contributed by atoms with van der Waals surface area (Å²) >= 11 is 0. The zero-order chi connectivity index (χ0) is 18.0. The Kier molecular flexibility index (Phi) is 4.56. The molecule has 2 amide bonds. The third kappa shape index (κ3) is 3.13. The summed E-state index contributed by atoms with van der Waals surface area (Å²) in [6, 6.07) is 8.98. The van der Waals surface area contributed by atoms with Crippen molar-refractivity contribution in [3.63, 3.8) is 0 Å². The number of nitrogens with zero attached hydrogens (tertiary/aromatic N) is 1. The molecule has 0 spiro atoms. The summed E-state index contributed by atoms with van der Waals surface area (Å²) in [4.78, 5) is 38.5. The van der Waals surface area contributed by atoms with Gasteiger partial charge in [-0.15, -0.1) is 0 Å². The van der Waals surface area contributed by atoms with E-state index in [9.17, 15) is 14.4 Å². The summed E-state index contributed by atoms with van der Waals surface area (Å²) in [6.07, 6.45) is 2.46. The zero-order valence-electron chi connectivity index (χ0n) is 14.0. The molecule has 0 aliphatic carbocycles. The van der Waals surface area contributed by atoms with Crippen molar-refractivity contribution in [3.05, 3.63) is 53.5 Å². The first-order valence-corrected chi connectivity index (χ1v) is 8.01. The number of carbonyl (C=O) groups is 3. The van der Waals surface area contributed by atoms with E-state index in [1.54, 1.807) is 12.1 Å². The van der Waals surface area contributed by atoms with Crippen LogP contribution in [0.2, 0.25) is 0 Å². The molecule has 0 saturated carbocycles. The van der Waals surface area contributed by atoms with E-state index >= 15 is 0 Å². The van der Waals surface area contributed by atoms with Gasteiger partial charge in [-0.3, -0.25) is 14.5 Å². The summed E-state index contributed by atoms with van der Waals surface area (Å²) in [5, 5.41) is 5.76. The van der Waals surface area contributed by atoms with E-state index in [0.717, 1.165) is 0 Å². The van der Waals surface area contributed by atoms with Crippen LogP contribution in [-0.2, 0) is 19.1 Å². The second-order valence-corrected chi connectivity index (χ2v) is 5.90. The highest BCUT2D eigenvalue weighted by molar-refractivity contribution is 6.18. The minimum atomic E-state index is -0.704. The highest BCUT2D eigenvalue weighted by Gasteiger charge is 2.39. The number of rotatable bonds is 3. The standard InChI is InChI=1S/C18H19N3O4/c1-11-8-9-13(16(22)20-12-6-4-3-5-7-12)15-19-10-14(18(24)25-2)17(23)21(11)15/h3-7,10-11,19H,8-9H2,1-2H3,(H,20,22). The molecule has 7 nitrogen and oxygen atoms in total. The molecule has 2 N–H and O–H groups in total. The molecule has 0 radical (unpaired) electrons. The molecular weight excluding hydrogens is 322 g/mol. The summed E-state index contributed by atoms with van der Waals surface area (Å²) in [5.41, 5.74) is 1.08. The smallest absolute Gasteiger partial charge is 0.345 e. The quantitative estimate of drug-likeness (QED) is 0.643. The van der Waals surface area contributed by atoms with Gasteiger partial charge in [-0.2, -0.15) is 0 Å². The number of esters is 1. The number of amides is 2. The molecule has 0 bridgehead atoms. The van der Waals surface area contributed by atoms with Gasteiger partial charge in [0, 0.05) is 17.9 Å². The lowest BCUT2D eigenvalue weighted by molar-refractivity contribution is -0.140. The fraction of sp³-hybridized carbons (Fsp3) is 0.278. The van der Waals surface area contributed by atoms with E-state index in [1.807, 2.05) is 25.1 Å². The summed E-state index contributed by atoms with van der Waals surface area (Å²) in [5.74, 6) is -1.01. The van der Waals surface area contributed by atoms with Crippen LogP contribution in [0.4, 0.5) is 5.69 Å². The SMILES string of the molecule is COC(=O)C1=CNC2=C(C(=O)Nc3ccccc3)CCC(C)N2C1=O. The molecule has 1 aromatic carbocycles. The Balaban J connectivity index is 1.93. The Morgan fingerprint density at radius 1 is 1.28 bits per heavy atom. The van der Waals surface area contributed by atoms with Crippen LogP contribution in [0.1, 0.15) is 19.8 Å². The number of fused-ring (bicyclic) bond motifs is 1. The minimum Gasteiger partial charge on any atom is -0.465 e. The van der Waals surface area contributed by atoms with E-state index in [1.165, 1.54) is 18.2 Å². The Bertz CT molecular complexity index is 783. The fourth-order valence-corrected chi connectivity index (χ4v) is 2.96. The zero-order valence-corrected chi connectivity index (χ0v) is 14.0. The van der Waals surface area contributed by atoms with E-state index in [0.29, 0.717) is 29.9 Å². The van der Waals surface area contributed by atoms with Crippen molar-refractivity contribution < 1.29 is 19.1 Å². The largest absolute Gasteiger partial charge is 0.465 e. The van der Waals surface area contributed by atoms with E-state index in [4.69, 9.17) is 0 Å². The van der Waals surface area contributed by atoms with Crippen LogP contribution in [0.15, 0.2) is 53.5 Å². The predicted octanol–water partition coefficient (Wildman–Crippen LogP) is 1.51. The molecule has 7 heteroatoms. The van der Waals surface area contributed by atoms with Crippen molar-refractivity contribution in [2.75, 3.05) is 12.4 Å². The van der Waals surface area contributed by atoms with Crippen molar-refractivity contribution in [1.82, 2.24) is 10.2 Å². The topological polar surface area (TPSA) is 87.7 Å². The monoisotopic (exact) mass is 341 g/mol. The molecule has 2 aliphatic rings. The minimum absolute atomic E-state index is 0.0807. The average Bonchev–Trinajstić information content (AvgIpc) is 2.62. The number of anilines is 1. The van der Waals surface area contributed by atoms with Gasteiger partial charge in [0.1, 0.15) is 11.4 Å². The van der Waals surface area contributed by atoms with Crippen molar-refractivity contribution in [2.45, 2.75) is 25.8 Å². The summed E-state index contributed by atoms with van der Waals surface area (Å²) in [6.45, 7) is 1.88. The molecule has 3 rings (SSSR count). The molecule has 0 fully saturated rings. The molecule has 25 heavy (non-hydrogen) atoms. The predicted molar refractivity (Wildman–Crippen MR) is 90.9 cm³/mol. The lowest BCUT2D eigenvalue weighted by Gasteiger charge is -2.39. The number of hydrogen-bond acceptors (Lipinski definition) is 5. The Morgan fingerprint density at radius 3 is 2.68 bits per heavy atom. The van der Waals surface area contributed by atoms with Crippen LogP contribution in [0.5, 0.6) is 0 Å². The lowest BCUT2D eigenvalue weighted by Crippen LogP contribution is -2.50. The first-order valence-electron chi connectivity index (χ1n) is 8.01. The van der Waals surface area contributed by atoms with Gasteiger partial charge in [-0.05, 0) is 31.9 Å². The molecule has 1 unspecified atom stereocenters. The number of carbonyl (C=O) groups excluding carboxylic acids is 3. The van der Waals surface area contributed by atoms with Crippen molar-refractivity contribution in [1.29, 1.82) is 0 Å². The molecule has 0 aromatic heterocycles. The molecule has 0 saturated heterocycles. The van der Waals surface area contributed by atoms with Crippen LogP contribution < -0.4 is 10.6 Å². The van der Waals surface area contributed by atoms with Gasteiger partial charge < -0.3 is 15.4 Å². The van der Waals surface area contributed by atoms with Crippen LogP contribution in [0.25, 0.3) is 0 Å². The van der Waals surface area contributed by atoms with Gasteiger partial charge in [-0.25, -0.2) is 4.79 Å². The molecule has 1 atom stereocenters. The molecule has 2 heterocycles. The van der Waals surface area contributed by atoms with Gasteiger partial charge in [0.05, 0.1) is 12.7 Å². The highest BCUT2D eigenvalue weighted by Crippen LogP contribution is 2.30. The van der Waals surface area contributed by atoms with Crippen molar-refractivity contribution in [3.8, 4) is 0 Å². The summed E-state index contributed by atoms with van der Waals surface area (Å²) in [7, 11) is 1.22. The maximum absolute atomic E-state index is 12.6. The van der Waals surface area contributed by atoms with Crippen LogP contribution in [-0.4, -0.2) is 35.8 Å². The third-order valence-electron chi connectivity index (χ3n) is 4.29. The number of methoxy groups -OCH3 is 1. The van der Waals surface area contributed by atoms with E-state index in [-0.39, 0.29) is 17.5 Å². The molecule has 2 aliphatic heterocycles. The van der Waals surface area contributed by atoms with E-state index < -0.39 is 11.9 Å². The summed E-state index contributed by atoms with van der Waals surface area (Å²) < 4.78 is 4.64. The fourth-order valence-electron chi connectivity index (χ4n) is 2.96. The Labute approximate surface area is 145 Å². The van der Waals surface area contributed by atoms with E-state index in [2.05, 4.69) is 15.4 Å². The number of ether oxygens (including phenoxy) is 1. The molecular formula is C18H19N3O4. The number of para-hydroxylation sites is 1. The highest BCUT2D eigenvalue weighted by atomic mass is 16.5. The number of nitrogens with one attached hydrogen (secondary N) is 2. The first kappa shape index (κ1) is 16.8. The average molecular weight is 341 g/mol. The van der Waals surface area contributed by atoms with Crippen molar-refractivity contribution >= 4 is 23.5 Å². The van der Waals surface area contributed by atoms with Gasteiger partial charge >= 0.3 is 5.97 Å². The van der Waals surface area contributed by atoms with Crippen LogP contribution >= 0.6 is 0 Å². The normalized spacial score (nSPS) is 19.6. The Hall–Kier alpha value is -3.09. The van der Waals surface area contributed by atoms with Gasteiger partial charge in [0.15, 0.2) is 0 Å². The van der Waals surface area contributed by atoms with Gasteiger partial charge in [0.25, 0.3) is 11.8 Å².